The Morgan fingerprint density at radius 2 is 1.12 bits per heavy atom. The van der Waals surface area contributed by atoms with E-state index in [-0.39, 0.29) is 48.0 Å². The third-order valence-electron chi connectivity index (χ3n) is 0.979. The van der Waals surface area contributed by atoms with Crippen LogP contribution in [0.5, 0.6) is 0 Å². The lowest BCUT2D eigenvalue weighted by Crippen LogP contribution is -2.37. The Balaban J connectivity index is 0. The predicted octanol–water partition coefficient (Wildman–Crippen LogP) is 1.11. The third-order valence-corrected chi connectivity index (χ3v) is 0.979. The van der Waals surface area contributed by atoms with Crippen LogP contribution in [0.15, 0.2) is 0 Å². The molecule has 0 atom stereocenters. The van der Waals surface area contributed by atoms with Crippen molar-refractivity contribution in [2.24, 2.45) is 0 Å². The zero-order chi connectivity index (χ0) is 4.24. The van der Waals surface area contributed by atoms with Crippen molar-refractivity contribution in [2.45, 2.75) is 12.8 Å². The van der Waals surface area contributed by atoms with Gasteiger partial charge in [0, 0.05) is 13.1 Å². The molecule has 0 spiro atoms. The van der Waals surface area contributed by atoms with E-state index in [9.17, 15) is 0 Å². The van der Waals surface area contributed by atoms with Gasteiger partial charge in [0.1, 0.15) is 0 Å². The van der Waals surface area contributed by atoms with E-state index in [1.54, 1.807) is 0 Å². The standard InChI is InChI=1S/C4H10N2.2HI/c1-2-4-6-5-3-1;;/h5-6H,1-4H2;2*1H. The van der Waals surface area contributed by atoms with Gasteiger partial charge in [-0.3, -0.25) is 10.9 Å². The highest BCUT2D eigenvalue weighted by atomic mass is 127. The molecule has 1 saturated heterocycles. The summed E-state index contributed by atoms with van der Waals surface area (Å²) in [6, 6.07) is 0. The summed E-state index contributed by atoms with van der Waals surface area (Å²) in [5.41, 5.74) is 6.07. The fourth-order valence-electron chi connectivity index (χ4n) is 0.604. The van der Waals surface area contributed by atoms with Crippen LogP contribution in [0, 0.1) is 0 Å². The molecule has 0 bridgehead atoms. The molecule has 0 aromatic carbocycles. The number of hydrogen-bond acceptors (Lipinski definition) is 2. The van der Waals surface area contributed by atoms with Crippen molar-refractivity contribution in [3.8, 4) is 0 Å². The molecule has 1 aliphatic rings. The van der Waals surface area contributed by atoms with E-state index in [1.807, 2.05) is 0 Å². The largest absolute Gasteiger partial charge is 0.258 e. The molecule has 0 radical (unpaired) electrons. The van der Waals surface area contributed by atoms with E-state index >= 15 is 0 Å². The minimum atomic E-state index is 0. The van der Waals surface area contributed by atoms with Gasteiger partial charge in [0.25, 0.3) is 0 Å². The van der Waals surface area contributed by atoms with E-state index in [0.29, 0.717) is 0 Å². The van der Waals surface area contributed by atoms with Crippen LogP contribution >= 0.6 is 48.0 Å². The van der Waals surface area contributed by atoms with Crippen molar-refractivity contribution >= 4 is 48.0 Å². The van der Waals surface area contributed by atoms with Crippen molar-refractivity contribution in [2.75, 3.05) is 13.1 Å². The second-order valence-corrected chi connectivity index (χ2v) is 1.56. The van der Waals surface area contributed by atoms with E-state index in [1.165, 1.54) is 12.8 Å². The van der Waals surface area contributed by atoms with Crippen molar-refractivity contribution in [1.29, 1.82) is 0 Å². The summed E-state index contributed by atoms with van der Waals surface area (Å²) in [5, 5.41) is 0. The first-order valence-electron chi connectivity index (χ1n) is 2.46. The Morgan fingerprint density at radius 3 is 1.25 bits per heavy atom. The summed E-state index contributed by atoms with van der Waals surface area (Å²) >= 11 is 0. The maximum atomic E-state index is 3.03. The maximum Gasteiger partial charge on any atom is 0.0100 e. The Morgan fingerprint density at radius 1 is 0.750 bits per heavy atom. The van der Waals surface area contributed by atoms with E-state index < -0.39 is 0 Å². The minimum absolute atomic E-state index is 0. The molecule has 0 aromatic heterocycles. The SMILES string of the molecule is C1CCNNC1.I.I. The van der Waals surface area contributed by atoms with Crippen molar-refractivity contribution in [1.82, 2.24) is 10.9 Å². The maximum absolute atomic E-state index is 3.03. The molecule has 1 heterocycles. The lowest BCUT2D eigenvalue weighted by atomic mass is 10.3. The van der Waals surface area contributed by atoms with Gasteiger partial charge in [0.05, 0.1) is 0 Å². The first kappa shape index (κ1) is 12.1. The van der Waals surface area contributed by atoms with Gasteiger partial charge in [0.15, 0.2) is 0 Å². The lowest BCUT2D eigenvalue weighted by Gasteiger charge is -2.10. The number of nitrogens with one attached hydrogen (secondary N) is 2. The predicted molar refractivity (Wildman–Crippen MR) is 56.1 cm³/mol. The summed E-state index contributed by atoms with van der Waals surface area (Å²) in [5.74, 6) is 0. The van der Waals surface area contributed by atoms with Crippen LogP contribution < -0.4 is 10.9 Å². The molecule has 1 aliphatic heterocycles. The molecule has 4 heteroatoms. The van der Waals surface area contributed by atoms with Crippen LogP contribution in [0.25, 0.3) is 0 Å². The van der Waals surface area contributed by atoms with Crippen LogP contribution in [-0.2, 0) is 0 Å². The van der Waals surface area contributed by atoms with E-state index in [4.69, 9.17) is 0 Å². The fraction of sp³-hybridized carbons (Fsp3) is 1.00. The first-order chi connectivity index (χ1) is 3.00. The van der Waals surface area contributed by atoms with Crippen LogP contribution in [0.4, 0.5) is 0 Å². The zero-order valence-electron chi connectivity index (χ0n) is 4.64. The zero-order valence-corrected chi connectivity index (χ0v) is 9.31. The molecule has 0 aromatic rings. The number of rotatable bonds is 0. The molecule has 0 aliphatic carbocycles. The molecule has 2 nitrogen and oxygen atoms in total. The van der Waals surface area contributed by atoms with Crippen molar-refractivity contribution < 1.29 is 0 Å². The van der Waals surface area contributed by atoms with Gasteiger partial charge in [-0.05, 0) is 12.8 Å². The molecule has 1 fully saturated rings. The molecule has 2 N–H and O–H groups in total. The summed E-state index contributed by atoms with van der Waals surface area (Å²) in [7, 11) is 0. The molecule has 0 amide bonds. The van der Waals surface area contributed by atoms with Crippen LogP contribution in [-0.4, -0.2) is 13.1 Å². The topological polar surface area (TPSA) is 24.1 Å². The Labute approximate surface area is 84.2 Å². The monoisotopic (exact) mass is 342 g/mol. The van der Waals surface area contributed by atoms with Crippen molar-refractivity contribution in [3.05, 3.63) is 0 Å². The smallest absolute Gasteiger partial charge is 0.0100 e. The van der Waals surface area contributed by atoms with Gasteiger partial charge in [0.2, 0.25) is 0 Å². The van der Waals surface area contributed by atoms with Crippen LogP contribution in [0.1, 0.15) is 12.8 Å². The molecule has 0 unspecified atom stereocenters. The van der Waals surface area contributed by atoms with Gasteiger partial charge in [-0.15, -0.1) is 48.0 Å². The van der Waals surface area contributed by atoms with E-state index in [2.05, 4.69) is 10.9 Å². The number of halogens is 2. The van der Waals surface area contributed by atoms with Gasteiger partial charge in [-0.25, -0.2) is 0 Å². The Hall–Kier alpha value is 1.38. The Bertz CT molecular complexity index is 27.5. The van der Waals surface area contributed by atoms with E-state index in [0.717, 1.165) is 13.1 Å². The second-order valence-electron chi connectivity index (χ2n) is 1.56. The summed E-state index contributed by atoms with van der Waals surface area (Å²) < 4.78 is 0. The van der Waals surface area contributed by atoms with Gasteiger partial charge >= 0.3 is 0 Å². The summed E-state index contributed by atoms with van der Waals surface area (Å²) in [4.78, 5) is 0. The highest BCUT2D eigenvalue weighted by Gasteiger charge is 1.92. The quantitative estimate of drug-likeness (QED) is 0.645. The second kappa shape index (κ2) is 8.38. The fourth-order valence-corrected chi connectivity index (χ4v) is 0.604. The third kappa shape index (κ3) is 5.52. The minimum Gasteiger partial charge on any atom is -0.258 e. The molecular weight excluding hydrogens is 330 g/mol. The summed E-state index contributed by atoms with van der Waals surface area (Å²) in [6.45, 7) is 2.28. The molecular formula is C4H12I2N2. The van der Waals surface area contributed by atoms with Gasteiger partial charge < -0.3 is 0 Å². The summed E-state index contributed by atoms with van der Waals surface area (Å²) in [6.07, 6.45) is 2.65. The molecule has 52 valence electrons. The first-order valence-corrected chi connectivity index (χ1v) is 2.46. The average molecular weight is 342 g/mol. The lowest BCUT2D eigenvalue weighted by molar-refractivity contribution is 0.443. The van der Waals surface area contributed by atoms with Crippen LogP contribution in [0.2, 0.25) is 0 Å². The molecule has 0 saturated carbocycles. The highest BCUT2D eigenvalue weighted by molar-refractivity contribution is 14.0. The molecule has 8 heavy (non-hydrogen) atoms. The highest BCUT2D eigenvalue weighted by Crippen LogP contribution is 1.85. The number of hydrogen-bond donors (Lipinski definition) is 2. The number of hydrazine groups is 1. The van der Waals surface area contributed by atoms with Crippen molar-refractivity contribution in [3.63, 3.8) is 0 Å². The van der Waals surface area contributed by atoms with Gasteiger partial charge in [-0.2, -0.15) is 0 Å². The van der Waals surface area contributed by atoms with Crippen LogP contribution in [0.3, 0.4) is 0 Å². The molecule has 1 rings (SSSR count). The normalized spacial score (nSPS) is 18.0. The van der Waals surface area contributed by atoms with Gasteiger partial charge in [-0.1, -0.05) is 0 Å². The average Bonchev–Trinajstić information content (AvgIpc) is 1.72. The Kier molecular flexibility index (Phi) is 12.7.